The first-order valence-corrected chi connectivity index (χ1v) is 7.56. The lowest BCUT2D eigenvalue weighted by molar-refractivity contribution is 0.398. The van der Waals surface area contributed by atoms with Crippen LogP contribution in [-0.4, -0.2) is 32.5 Å². The molecule has 1 N–H and O–H groups in total. The lowest BCUT2D eigenvalue weighted by Crippen LogP contribution is -2.47. The summed E-state index contributed by atoms with van der Waals surface area (Å²) < 4.78 is 36.8. The summed E-state index contributed by atoms with van der Waals surface area (Å²) in [5, 5.41) is 3.06. The minimum Gasteiger partial charge on any atom is -0.313 e. The molecule has 0 aromatic heterocycles. The molecule has 1 unspecified atom stereocenters. The standard InChI is InChI=1S/C12H16FNO2S/c13-12-4-2-1-3-10(12)6-8-17(15,16)9-11-5-7-14-11/h1-4,11,14H,5-9H2. The molecule has 3 nitrogen and oxygen atoms in total. The van der Waals surface area contributed by atoms with Gasteiger partial charge in [0.25, 0.3) is 0 Å². The van der Waals surface area contributed by atoms with Crippen molar-refractivity contribution in [2.75, 3.05) is 18.1 Å². The highest BCUT2D eigenvalue weighted by atomic mass is 32.2. The predicted octanol–water partition coefficient (Wildman–Crippen LogP) is 1.14. The summed E-state index contributed by atoms with van der Waals surface area (Å²) in [4.78, 5) is 0. The monoisotopic (exact) mass is 257 g/mol. The van der Waals surface area contributed by atoms with Crippen molar-refractivity contribution in [2.45, 2.75) is 18.9 Å². The Morgan fingerprint density at radius 3 is 2.65 bits per heavy atom. The summed E-state index contributed by atoms with van der Waals surface area (Å²) in [6, 6.07) is 6.41. The second-order valence-electron chi connectivity index (χ2n) is 4.40. The average Bonchev–Trinajstić information content (AvgIpc) is 2.23. The van der Waals surface area contributed by atoms with Gasteiger partial charge in [0.05, 0.1) is 11.5 Å². The molecule has 1 saturated heterocycles. The third kappa shape index (κ3) is 3.51. The van der Waals surface area contributed by atoms with Crippen molar-refractivity contribution >= 4 is 9.84 Å². The molecule has 0 amide bonds. The van der Waals surface area contributed by atoms with Crippen molar-refractivity contribution < 1.29 is 12.8 Å². The van der Waals surface area contributed by atoms with E-state index in [4.69, 9.17) is 0 Å². The molecule has 94 valence electrons. The summed E-state index contributed by atoms with van der Waals surface area (Å²) in [5.41, 5.74) is 0.470. The third-order valence-electron chi connectivity index (χ3n) is 3.02. The quantitative estimate of drug-likeness (QED) is 0.860. The van der Waals surface area contributed by atoms with Gasteiger partial charge in [0, 0.05) is 6.04 Å². The number of hydrogen-bond acceptors (Lipinski definition) is 3. The van der Waals surface area contributed by atoms with Crippen LogP contribution in [0.25, 0.3) is 0 Å². The number of halogens is 1. The zero-order valence-corrected chi connectivity index (χ0v) is 10.3. The van der Waals surface area contributed by atoms with E-state index in [1.807, 2.05) is 0 Å². The molecule has 1 aromatic carbocycles. The van der Waals surface area contributed by atoms with Crippen LogP contribution in [0, 0.1) is 5.82 Å². The van der Waals surface area contributed by atoms with E-state index in [0.29, 0.717) is 5.56 Å². The average molecular weight is 257 g/mol. The van der Waals surface area contributed by atoms with Crippen LogP contribution in [0.5, 0.6) is 0 Å². The van der Waals surface area contributed by atoms with Crippen molar-refractivity contribution in [2.24, 2.45) is 0 Å². The van der Waals surface area contributed by atoms with Gasteiger partial charge < -0.3 is 5.32 Å². The van der Waals surface area contributed by atoms with Gasteiger partial charge in [-0.15, -0.1) is 0 Å². The van der Waals surface area contributed by atoms with E-state index in [-0.39, 0.29) is 29.8 Å². The van der Waals surface area contributed by atoms with Gasteiger partial charge in [0.2, 0.25) is 0 Å². The van der Waals surface area contributed by atoms with E-state index < -0.39 is 9.84 Å². The first-order chi connectivity index (χ1) is 8.07. The Bertz CT molecular complexity index is 483. The molecule has 0 spiro atoms. The van der Waals surface area contributed by atoms with Crippen LogP contribution in [0.1, 0.15) is 12.0 Å². The Morgan fingerprint density at radius 1 is 1.35 bits per heavy atom. The van der Waals surface area contributed by atoms with Crippen molar-refractivity contribution in [3.05, 3.63) is 35.6 Å². The molecular weight excluding hydrogens is 241 g/mol. The number of benzene rings is 1. The zero-order chi connectivity index (χ0) is 12.3. The molecule has 1 aliphatic heterocycles. The fourth-order valence-electron chi connectivity index (χ4n) is 1.85. The highest BCUT2D eigenvalue weighted by molar-refractivity contribution is 7.91. The van der Waals surface area contributed by atoms with Crippen molar-refractivity contribution in [3.63, 3.8) is 0 Å². The molecular formula is C12H16FNO2S. The lowest BCUT2D eigenvalue weighted by Gasteiger charge is -2.27. The van der Waals surface area contributed by atoms with E-state index >= 15 is 0 Å². The molecule has 1 aromatic rings. The molecule has 0 aliphatic carbocycles. The summed E-state index contributed by atoms with van der Waals surface area (Å²) in [6.07, 6.45) is 1.17. The van der Waals surface area contributed by atoms with Crippen LogP contribution in [0.3, 0.4) is 0 Å². The Kier molecular flexibility index (Phi) is 3.79. The predicted molar refractivity (Wildman–Crippen MR) is 65.2 cm³/mol. The Morgan fingerprint density at radius 2 is 2.06 bits per heavy atom. The highest BCUT2D eigenvalue weighted by Crippen LogP contribution is 2.11. The van der Waals surface area contributed by atoms with E-state index in [9.17, 15) is 12.8 Å². The summed E-state index contributed by atoms with van der Waals surface area (Å²) in [6.45, 7) is 0.896. The number of aryl methyl sites for hydroxylation is 1. The SMILES string of the molecule is O=S(=O)(CCc1ccccc1F)CC1CCN1. The first kappa shape index (κ1) is 12.5. The molecule has 5 heteroatoms. The smallest absolute Gasteiger partial charge is 0.152 e. The lowest BCUT2D eigenvalue weighted by atomic mass is 10.1. The van der Waals surface area contributed by atoms with Gasteiger partial charge in [-0.05, 0) is 31.0 Å². The Labute approximate surface area is 101 Å². The second-order valence-corrected chi connectivity index (χ2v) is 6.62. The van der Waals surface area contributed by atoms with Gasteiger partial charge in [0.1, 0.15) is 5.82 Å². The number of rotatable bonds is 5. The minimum absolute atomic E-state index is 0.0200. The van der Waals surface area contributed by atoms with E-state index in [2.05, 4.69) is 5.32 Å². The van der Waals surface area contributed by atoms with E-state index in [0.717, 1.165) is 13.0 Å². The molecule has 1 atom stereocenters. The molecule has 1 aliphatic rings. The van der Waals surface area contributed by atoms with Crippen LogP contribution in [-0.2, 0) is 16.3 Å². The molecule has 0 bridgehead atoms. The van der Waals surface area contributed by atoms with Crippen LogP contribution < -0.4 is 5.32 Å². The van der Waals surface area contributed by atoms with Crippen LogP contribution in [0.2, 0.25) is 0 Å². The van der Waals surface area contributed by atoms with Gasteiger partial charge >= 0.3 is 0 Å². The summed E-state index contributed by atoms with van der Waals surface area (Å²) in [5.74, 6) is -0.141. The summed E-state index contributed by atoms with van der Waals surface area (Å²) >= 11 is 0. The van der Waals surface area contributed by atoms with Crippen LogP contribution in [0.4, 0.5) is 4.39 Å². The van der Waals surface area contributed by atoms with E-state index in [1.165, 1.54) is 6.07 Å². The molecule has 1 fully saturated rings. The second kappa shape index (κ2) is 5.14. The number of hydrogen-bond donors (Lipinski definition) is 1. The normalized spacial score (nSPS) is 19.9. The number of nitrogens with one attached hydrogen (secondary N) is 1. The van der Waals surface area contributed by atoms with E-state index in [1.54, 1.807) is 18.2 Å². The molecule has 17 heavy (non-hydrogen) atoms. The number of sulfone groups is 1. The van der Waals surface area contributed by atoms with Crippen LogP contribution in [0.15, 0.2) is 24.3 Å². The largest absolute Gasteiger partial charge is 0.313 e. The minimum atomic E-state index is -3.09. The maximum absolute atomic E-state index is 13.3. The topological polar surface area (TPSA) is 46.2 Å². The molecule has 1 heterocycles. The van der Waals surface area contributed by atoms with Gasteiger partial charge in [-0.1, -0.05) is 18.2 Å². The van der Waals surface area contributed by atoms with Crippen molar-refractivity contribution in [1.82, 2.24) is 5.32 Å². The molecule has 2 rings (SSSR count). The maximum atomic E-state index is 13.3. The Balaban J connectivity index is 1.90. The van der Waals surface area contributed by atoms with Gasteiger partial charge in [-0.3, -0.25) is 0 Å². The molecule has 0 saturated carbocycles. The maximum Gasteiger partial charge on any atom is 0.152 e. The fraction of sp³-hybridized carbons (Fsp3) is 0.500. The van der Waals surface area contributed by atoms with Gasteiger partial charge in [-0.25, -0.2) is 12.8 Å². The fourth-order valence-corrected chi connectivity index (χ4v) is 3.44. The molecule has 0 radical (unpaired) electrons. The van der Waals surface area contributed by atoms with Gasteiger partial charge in [0.15, 0.2) is 9.84 Å². The first-order valence-electron chi connectivity index (χ1n) is 5.74. The van der Waals surface area contributed by atoms with Crippen molar-refractivity contribution in [1.29, 1.82) is 0 Å². The van der Waals surface area contributed by atoms with Crippen LogP contribution >= 0.6 is 0 Å². The Hall–Kier alpha value is -0.940. The summed E-state index contributed by atoms with van der Waals surface area (Å²) in [7, 11) is -3.09. The third-order valence-corrected chi connectivity index (χ3v) is 4.76. The zero-order valence-electron chi connectivity index (χ0n) is 9.52. The van der Waals surface area contributed by atoms with Gasteiger partial charge in [-0.2, -0.15) is 0 Å². The highest BCUT2D eigenvalue weighted by Gasteiger charge is 2.23. The van der Waals surface area contributed by atoms with Crippen molar-refractivity contribution in [3.8, 4) is 0 Å².